The van der Waals surface area contributed by atoms with E-state index in [1.807, 2.05) is 30.3 Å². The Morgan fingerprint density at radius 1 is 1.15 bits per heavy atom. The van der Waals surface area contributed by atoms with Gasteiger partial charge >= 0.3 is 5.97 Å². The van der Waals surface area contributed by atoms with Crippen LogP contribution in [0.2, 0.25) is 0 Å². The zero-order valence-electron chi connectivity index (χ0n) is 16.2. The van der Waals surface area contributed by atoms with Gasteiger partial charge in [-0.05, 0) is 36.8 Å². The summed E-state index contributed by atoms with van der Waals surface area (Å²) in [5, 5.41) is 2.83. The highest BCUT2D eigenvalue weighted by molar-refractivity contribution is 8.13. The van der Waals surface area contributed by atoms with Gasteiger partial charge in [-0.3, -0.25) is 9.59 Å². The number of benzene rings is 1. The number of amides is 1. The molecule has 0 aromatic heterocycles. The Bertz CT molecular complexity index is 595. The zero-order chi connectivity index (χ0) is 20.1. The molecule has 27 heavy (non-hydrogen) atoms. The fourth-order valence-electron chi connectivity index (χ4n) is 2.47. The molecule has 1 unspecified atom stereocenters. The van der Waals surface area contributed by atoms with Gasteiger partial charge in [0.25, 0.3) is 0 Å². The van der Waals surface area contributed by atoms with Crippen LogP contribution in [0, 0.1) is 5.92 Å². The number of rotatable bonds is 12. The predicted octanol–water partition coefficient (Wildman–Crippen LogP) is 3.32. The summed E-state index contributed by atoms with van der Waals surface area (Å²) >= 11 is 2.85. The minimum Gasteiger partial charge on any atom is -0.464 e. The van der Waals surface area contributed by atoms with E-state index in [0.717, 1.165) is 28.8 Å². The van der Waals surface area contributed by atoms with E-state index in [9.17, 15) is 14.4 Å². The van der Waals surface area contributed by atoms with Crippen molar-refractivity contribution in [3.63, 3.8) is 0 Å². The summed E-state index contributed by atoms with van der Waals surface area (Å²) in [5.74, 6) is 1.10. The van der Waals surface area contributed by atoms with Crippen molar-refractivity contribution in [2.75, 3.05) is 23.9 Å². The van der Waals surface area contributed by atoms with Crippen LogP contribution in [0.15, 0.2) is 30.3 Å². The number of hydrogen-bond donors (Lipinski definition) is 1. The van der Waals surface area contributed by atoms with Crippen LogP contribution in [0.3, 0.4) is 0 Å². The smallest absolute Gasteiger partial charge is 0.328 e. The van der Waals surface area contributed by atoms with E-state index < -0.39 is 17.9 Å². The highest BCUT2D eigenvalue weighted by Gasteiger charge is 2.27. The summed E-state index contributed by atoms with van der Waals surface area (Å²) in [7, 11) is 0. The monoisotopic (exact) mass is 411 g/mol. The maximum absolute atomic E-state index is 12.9. The Hall–Kier alpha value is -1.47. The average molecular weight is 412 g/mol. The lowest BCUT2D eigenvalue weighted by Gasteiger charge is -2.21. The van der Waals surface area contributed by atoms with Gasteiger partial charge in [0.05, 0.1) is 12.5 Å². The highest BCUT2D eigenvalue weighted by atomic mass is 32.2. The molecule has 0 saturated heterocycles. The van der Waals surface area contributed by atoms with Gasteiger partial charge in [-0.2, -0.15) is 11.8 Å². The van der Waals surface area contributed by atoms with Gasteiger partial charge in [0, 0.05) is 12.7 Å². The van der Waals surface area contributed by atoms with Crippen LogP contribution >= 0.6 is 23.5 Å². The number of ether oxygens (including phenoxy) is 1. The molecule has 1 aromatic rings. The molecule has 0 aliphatic heterocycles. The molecule has 0 aliphatic carbocycles. The lowest BCUT2D eigenvalue weighted by atomic mass is 9.99. The quantitative estimate of drug-likeness (QED) is 0.420. The standard InChI is InChI=1S/C20H29NO4S2/c1-4-25-20(24)18(11-12-26-5-2)21-19(23)17(14-27-15(3)22)13-16-9-7-6-8-10-16/h6-10,17-18H,4-5,11-14H2,1-3H3,(H,21,23)/t17?,18-/m0/s1. The number of esters is 1. The van der Waals surface area contributed by atoms with Gasteiger partial charge in [0.2, 0.25) is 5.91 Å². The Morgan fingerprint density at radius 2 is 1.85 bits per heavy atom. The van der Waals surface area contributed by atoms with Gasteiger partial charge in [-0.1, -0.05) is 49.0 Å². The molecule has 5 nitrogen and oxygen atoms in total. The van der Waals surface area contributed by atoms with Crippen LogP contribution in [0.5, 0.6) is 0 Å². The van der Waals surface area contributed by atoms with Crippen LogP contribution in [-0.2, 0) is 25.5 Å². The van der Waals surface area contributed by atoms with Gasteiger partial charge in [0.15, 0.2) is 5.12 Å². The van der Waals surface area contributed by atoms with Crippen LogP contribution in [0.4, 0.5) is 0 Å². The first kappa shape index (κ1) is 23.6. The maximum atomic E-state index is 12.9. The second-order valence-electron chi connectivity index (χ2n) is 5.99. The third-order valence-electron chi connectivity index (χ3n) is 3.83. The Balaban J connectivity index is 2.81. The number of carbonyl (C=O) groups excluding carboxylic acids is 3. The van der Waals surface area contributed by atoms with E-state index in [0.29, 0.717) is 18.6 Å². The van der Waals surface area contributed by atoms with E-state index in [4.69, 9.17) is 4.74 Å². The van der Waals surface area contributed by atoms with E-state index in [1.165, 1.54) is 6.92 Å². The summed E-state index contributed by atoms with van der Waals surface area (Å²) < 4.78 is 5.11. The van der Waals surface area contributed by atoms with Crippen molar-refractivity contribution in [2.45, 2.75) is 39.7 Å². The molecule has 0 bridgehead atoms. The number of hydrogen-bond acceptors (Lipinski definition) is 6. The van der Waals surface area contributed by atoms with Crippen molar-refractivity contribution in [3.05, 3.63) is 35.9 Å². The molecule has 1 rings (SSSR count). The Morgan fingerprint density at radius 3 is 2.44 bits per heavy atom. The lowest BCUT2D eigenvalue weighted by molar-refractivity contribution is -0.147. The van der Waals surface area contributed by atoms with Gasteiger partial charge in [-0.25, -0.2) is 4.79 Å². The molecule has 150 valence electrons. The first-order chi connectivity index (χ1) is 13.0. The van der Waals surface area contributed by atoms with Crippen molar-refractivity contribution >= 4 is 40.5 Å². The fraction of sp³-hybridized carbons (Fsp3) is 0.550. The van der Waals surface area contributed by atoms with Gasteiger partial charge in [0.1, 0.15) is 6.04 Å². The summed E-state index contributed by atoms with van der Waals surface area (Å²) in [4.78, 5) is 36.4. The fourth-order valence-corrected chi connectivity index (χ4v) is 3.87. The molecule has 2 atom stereocenters. The normalized spacial score (nSPS) is 12.9. The van der Waals surface area contributed by atoms with Gasteiger partial charge < -0.3 is 10.1 Å². The summed E-state index contributed by atoms with van der Waals surface area (Å²) in [5.41, 5.74) is 1.02. The Kier molecular flexibility index (Phi) is 11.9. The van der Waals surface area contributed by atoms with E-state index in [-0.39, 0.29) is 17.6 Å². The minimum absolute atomic E-state index is 0.0258. The topological polar surface area (TPSA) is 72.5 Å². The number of carbonyl (C=O) groups is 3. The number of nitrogens with one attached hydrogen (secondary N) is 1. The molecule has 0 radical (unpaired) electrons. The largest absolute Gasteiger partial charge is 0.464 e. The summed E-state index contributed by atoms with van der Waals surface area (Å²) in [6.45, 7) is 5.57. The lowest BCUT2D eigenvalue weighted by Crippen LogP contribution is -2.45. The molecule has 0 heterocycles. The first-order valence-corrected chi connectivity index (χ1v) is 11.3. The van der Waals surface area contributed by atoms with Crippen molar-refractivity contribution in [2.24, 2.45) is 5.92 Å². The summed E-state index contributed by atoms with van der Waals surface area (Å²) in [6.07, 6.45) is 1.05. The zero-order valence-corrected chi connectivity index (χ0v) is 17.9. The van der Waals surface area contributed by atoms with Crippen LogP contribution in [-0.4, -0.2) is 46.9 Å². The van der Waals surface area contributed by atoms with E-state index in [1.54, 1.807) is 18.7 Å². The van der Waals surface area contributed by atoms with Crippen molar-refractivity contribution < 1.29 is 19.1 Å². The molecule has 1 aromatic carbocycles. The molecular formula is C20H29NO4S2. The highest BCUT2D eigenvalue weighted by Crippen LogP contribution is 2.17. The molecule has 0 fully saturated rings. The molecular weight excluding hydrogens is 382 g/mol. The molecule has 0 spiro atoms. The van der Waals surface area contributed by atoms with Crippen molar-refractivity contribution in [1.29, 1.82) is 0 Å². The van der Waals surface area contributed by atoms with E-state index in [2.05, 4.69) is 12.2 Å². The van der Waals surface area contributed by atoms with Crippen molar-refractivity contribution in [3.8, 4) is 0 Å². The second-order valence-corrected chi connectivity index (χ2v) is 8.58. The molecule has 1 N–H and O–H groups in total. The average Bonchev–Trinajstić information content (AvgIpc) is 2.65. The summed E-state index contributed by atoms with van der Waals surface area (Å²) in [6, 6.07) is 9.03. The third kappa shape index (κ3) is 9.86. The molecule has 1 amide bonds. The Labute approximate surface area is 170 Å². The SMILES string of the molecule is CCOC(=O)[C@H](CCSCC)NC(=O)C(CSC(C)=O)Cc1ccccc1. The molecule has 0 aliphatic rings. The molecule has 7 heteroatoms. The van der Waals surface area contributed by atoms with Crippen LogP contribution < -0.4 is 5.32 Å². The minimum atomic E-state index is -0.655. The first-order valence-electron chi connectivity index (χ1n) is 9.19. The van der Waals surface area contributed by atoms with Crippen LogP contribution in [0.25, 0.3) is 0 Å². The second kappa shape index (κ2) is 13.7. The third-order valence-corrected chi connectivity index (χ3v) is 5.73. The van der Waals surface area contributed by atoms with E-state index >= 15 is 0 Å². The van der Waals surface area contributed by atoms with Crippen molar-refractivity contribution in [1.82, 2.24) is 5.32 Å². The maximum Gasteiger partial charge on any atom is 0.328 e. The predicted molar refractivity (Wildman–Crippen MR) is 113 cm³/mol. The number of thioether (sulfide) groups is 2. The molecule has 0 saturated carbocycles. The van der Waals surface area contributed by atoms with Crippen LogP contribution in [0.1, 0.15) is 32.8 Å². The van der Waals surface area contributed by atoms with Gasteiger partial charge in [-0.15, -0.1) is 0 Å².